The van der Waals surface area contributed by atoms with Gasteiger partial charge in [-0.2, -0.15) is 0 Å². The molecule has 8 heterocycles. The van der Waals surface area contributed by atoms with Gasteiger partial charge in [-0.25, -0.2) is 0 Å². The topological polar surface area (TPSA) is 664 Å². The lowest BCUT2D eigenvalue weighted by Gasteiger charge is -2.50. The maximum Gasteiger partial charge on any atom is 0.187 e. The van der Waals surface area contributed by atoms with E-state index in [4.69, 9.17) is 71.1 Å². The van der Waals surface area contributed by atoms with Crippen LogP contribution in [0.2, 0.25) is 0 Å². The minimum absolute atomic E-state index is 0.813. The SMILES string of the molecule is OC[C@H]1O[C@H](OC[C@H]2OC(O)[C@H](O)[C@@H](O)[C@@H]2O[C@H]2O[C@H](CO)[C@@H](O[C@H]3O[C@H](CO)[C@@H](O[C@H]4O[C@H](CO)[C@@H](O[C@H]5O[C@H](CO)[C@@H](O[C@H]6O[C@H](CO)[C@@H](O[C@H]7O[C@H](CO)[C@@H](O)[C@H](O)[C@H]7O)[C@H](O)[C@H]6O)[C@H](O)[C@H]5O)[C@H](O)[C@H]4O)[C@H](O)[C@H]3O)[C@H](O)[C@H]2O)[C@H](O)[C@@H](O)[C@@H]1O. The predicted octanol–water partition coefficient (Wildman–Crippen LogP) is -18.5. The van der Waals surface area contributed by atoms with Gasteiger partial charge in [-0.1, -0.05) is 0 Å². The third-order valence-corrected chi connectivity index (χ3v) is 16.6. The molecule has 0 radical (unpaired) electrons. The van der Waals surface area contributed by atoms with Gasteiger partial charge in [0.2, 0.25) is 0 Å². The molecular formula is C48H82O41. The van der Waals surface area contributed by atoms with Crippen LogP contribution in [-0.2, 0) is 71.1 Å². The van der Waals surface area contributed by atoms with Crippen LogP contribution in [0.15, 0.2) is 0 Å². The molecule has 0 aromatic carbocycles. The zero-order valence-electron chi connectivity index (χ0n) is 46.5. The molecule has 0 aromatic rings. The van der Waals surface area contributed by atoms with Gasteiger partial charge in [-0.05, 0) is 0 Å². The van der Waals surface area contributed by atoms with Crippen molar-refractivity contribution in [1.82, 2.24) is 0 Å². The van der Waals surface area contributed by atoms with Crippen LogP contribution in [0.25, 0.3) is 0 Å². The molecule has 0 aromatic heterocycles. The van der Waals surface area contributed by atoms with Gasteiger partial charge in [-0.3, -0.25) is 0 Å². The summed E-state index contributed by atoms with van der Waals surface area (Å²) in [7, 11) is 0. The molecule has 8 aliphatic rings. The molecule has 0 amide bonds. The Balaban J connectivity index is 0.857. The lowest BCUT2D eigenvalue weighted by Crippen LogP contribution is -2.68. The summed E-state index contributed by atoms with van der Waals surface area (Å²) in [6, 6.07) is 0. The van der Waals surface area contributed by atoms with E-state index in [1.165, 1.54) is 0 Å². The van der Waals surface area contributed by atoms with E-state index in [0.717, 1.165) is 0 Å². The van der Waals surface area contributed by atoms with E-state index in [0.29, 0.717) is 0 Å². The number of hydrogen-bond donors (Lipinski definition) is 26. The molecule has 8 saturated heterocycles. The van der Waals surface area contributed by atoms with Crippen molar-refractivity contribution in [3.05, 3.63) is 0 Å². The third kappa shape index (κ3) is 15.2. The van der Waals surface area contributed by atoms with Crippen LogP contribution in [0.4, 0.5) is 0 Å². The molecule has 1 unspecified atom stereocenters. The molecule has 0 bridgehead atoms. The van der Waals surface area contributed by atoms with E-state index >= 15 is 0 Å². The van der Waals surface area contributed by atoms with Gasteiger partial charge in [0.25, 0.3) is 0 Å². The molecule has 520 valence electrons. The fourth-order valence-electron chi connectivity index (χ4n) is 11.4. The zero-order chi connectivity index (χ0) is 65.4. The molecule has 8 fully saturated rings. The van der Waals surface area contributed by atoms with Gasteiger partial charge in [0.1, 0.15) is 195 Å². The normalized spacial score (nSPS) is 53.6. The summed E-state index contributed by atoms with van der Waals surface area (Å²) in [5.74, 6) is 0. The van der Waals surface area contributed by atoms with Crippen molar-refractivity contribution in [1.29, 1.82) is 0 Å². The predicted molar refractivity (Wildman–Crippen MR) is 264 cm³/mol. The third-order valence-electron chi connectivity index (χ3n) is 16.6. The zero-order valence-corrected chi connectivity index (χ0v) is 46.5. The Morgan fingerprint density at radius 3 is 0.652 bits per heavy atom. The summed E-state index contributed by atoms with van der Waals surface area (Å²) in [5, 5.41) is 277. The van der Waals surface area contributed by atoms with E-state index in [1.54, 1.807) is 0 Å². The molecule has 0 spiro atoms. The summed E-state index contributed by atoms with van der Waals surface area (Å²) in [6.45, 7) is -7.84. The lowest BCUT2D eigenvalue weighted by molar-refractivity contribution is -0.398. The van der Waals surface area contributed by atoms with E-state index < -0.39 is 299 Å². The highest BCUT2D eigenvalue weighted by molar-refractivity contribution is 5.01. The van der Waals surface area contributed by atoms with Crippen molar-refractivity contribution in [2.45, 2.75) is 246 Å². The van der Waals surface area contributed by atoms with Crippen LogP contribution in [0, 0.1) is 0 Å². The van der Waals surface area contributed by atoms with Crippen LogP contribution in [0.5, 0.6) is 0 Å². The minimum Gasteiger partial charge on any atom is -0.394 e. The van der Waals surface area contributed by atoms with Crippen molar-refractivity contribution in [3.63, 3.8) is 0 Å². The van der Waals surface area contributed by atoms with Crippen molar-refractivity contribution in [2.75, 3.05) is 52.9 Å². The van der Waals surface area contributed by atoms with E-state index in [-0.39, 0.29) is 0 Å². The number of rotatable bonds is 22. The fourth-order valence-corrected chi connectivity index (χ4v) is 11.4. The maximum atomic E-state index is 11.4. The van der Waals surface area contributed by atoms with Gasteiger partial charge < -0.3 is 204 Å². The van der Waals surface area contributed by atoms with Crippen molar-refractivity contribution in [3.8, 4) is 0 Å². The molecular weight excluding hydrogens is 1230 g/mol. The smallest absolute Gasteiger partial charge is 0.187 e. The Morgan fingerprint density at radius 2 is 0.393 bits per heavy atom. The highest BCUT2D eigenvalue weighted by Crippen LogP contribution is 2.38. The summed E-state index contributed by atoms with van der Waals surface area (Å²) in [5.41, 5.74) is 0. The van der Waals surface area contributed by atoms with Crippen molar-refractivity contribution in [2.24, 2.45) is 0 Å². The van der Waals surface area contributed by atoms with Gasteiger partial charge >= 0.3 is 0 Å². The van der Waals surface area contributed by atoms with Crippen LogP contribution in [0.1, 0.15) is 0 Å². The Hall–Kier alpha value is -1.64. The Bertz CT molecular complexity index is 2120. The van der Waals surface area contributed by atoms with Gasteiger partial charge in [-0.15, -0.1) is 0 Å². The fraction of sp³-hybridized carbons (Fsp3) is 1.00. The second-order valence-corrected chi connectivity index (χ2v) is 22.4. The molecule has 41 heteroatoms. The standard InChI is InChI=1S/C48H82O41/c49-1-9-17(56)19(58)28(67)42(77-9)75-8-16-40(21(60)27(66)41(74)76-16)89-48-34(73)26(65)39(15(7-55)83-48)88-47-33(72)25(64)38(14(6-54)82-47)87-46-32(71)24(63)37(13(5-53)81-46)86-45-31(70)23(62)36(12(4-52)80-45)85-44-30(69)22(61)35(11(3-51)79-44)84-43-29(68)20(59)18(57)10(2-50)78-43/h9-74H,1-8H2/t9-,10-,11-,12-,13-,14-,15-,16-,17-,18-,19+,20+,21-,22-,23-,24-,25-,26-,27-,28-,29-,30-,31-,32-,33-,34-,35-,36-,37-,38-,39-,40-,41?,42+,43-,44-,45-,46-,47-,48-/m1/s1. The molecule has 0 saturated carbocycles. The van der Waals surface area contributed by atoms with E-state index in [1.807, 2.05) is 0 Å². The van der Waals surface area contributed by atoms with Crippen molar-refractivity contribution < 1.29 is 204 Å². The molecule has 8 aliphatic heterocycles. The second kappa shape index (κ2) is 31.5. The molecule has 26 N–H and O–H groups in total. The van der Waals surface area contributed by atoms with E-state index in [9.17, 15) is 133 Å². The van der Waals surface area contributed by atoms with Crippen LogP contribution < -0.4 is 0 Å². The molecule has 8 rings (SSSR count). The first kappa shape index (κ1) is 73.2. The largest absolute Gasteiger partial charge is 0.394 e. The van der Waals surface area contributed by atoms with Crippen molar-refractivity contribution >= 4 is 0 Å². The molecule has 0 aliphatic carbocycles. The average Bonchev–Trinajstić information content (AvgIpc) is 3.72. The number of aliphatic hydroxyl groups excluding tert-OH is 26. The quantitative estimate of drug-likeness (QED) is 0.0479. The number of hydrogen-bond acceptors (Lipinski definition) is 41. The Labute approximate surface area is 501 Å². The first-order valence-electron chi connectivity index (χ1n) is 28.2. The van der Waals surface area contributed by atoms with Crippen LogP contribution >= 0.6 is 0 Å². The lowest BCUT2D eigenvalue weighted by atomic mass is 9.95. The molecule has 41 nitrogen and oxygen atoms in total. The number of ether oxygens (including phenoxy) is 15. The van der Waals surface area contributed by atoms with Crippen LogP contribution in [-0.4, -0.2) is 431 Å². The van der Waals surface area contributed by atoms with Gasteiger partial charge in [0, 0.05) is 0 Å². The van der Waals surface area contributed by atoms with E-state index in [2.05, 4.69) is 0 Å². The summed E-state index contributed by atoms with van der Waals surface area (Å²) in [4.78, 5) is 0. The summed E-state index contributed by atoms with van der Waals surface area (Å²) < 4.78 is 83.5. The first-order valence-corrected chi connectivity index (χ1v) is 28.2. The highest BCUT2D eigenvalue weighted by Gasteiger charge is 2.59. The molecule has 40 atom stereocenters. The van der Waals surface area contributed by atoms with Gasteiger partial charge in [0.15, 0.2) is 50.3 Å². The van der Waals surface area contributed by atoms with Gasteiger partial charge in [0.05, 0.1) is 52.9 Å². The Kier molecular flexibility index (Phi) is 25.9. The second-order valence-electron chi connectivity index (χ2n) is 22.4. The minimum atomic E-state index is -2.27. The first-order chi connectivity index (χ1) is 42.2. The number of aliphatic hydroxyl groups is 26. The Morgan fingerprint density at radius 1 is 0.191 bits per heavy atom. The summed E-state index contributed by atoms with van der Waals surface area (Å²) >= 11 is 0. The highest BCUT2D eigenvalue weighted by atomic mass is 16.8. The summed E-state index contributed by atoms with van der Waals surface area (Å²) in [6.07, 6.45) is -78.4. The molecule has 89 heavy (non-hydrogen) atoms. The monoisotopic (exact) mass is 1310 g/mol. The average molecular weight is 1320 g/mol. The maximum absolute atomic E-state index is 11.4. The van der Waals surface area contributed by atoms with Crippen LogP contribution in [0.3, 0.4) is 0 Å².